The Kier molecular flexibility index (Phi) is 4.83. The first kappa shape index (κ1) is 15.9. The van der Waals surface area contributed by atoms with E-state index in [4.69, 9.17) is 5.14 Å². The van der Waals surface area contributed by atoms with Gasteiger partial charge in [-0.05, 0) is 31.9 Å². The maximum atomic E-state index is 11.8. The van der Waals surface area contributed by atoms with Gasteiger partial charge >= 0.3 is 6.03 Å². The summed E-state index contributed by atoms with van der Waals surface area (Å²) >= 11 is 1.80. The topological polar surface area (TPSA) is 105 Å². The van der Waals surface area contributed by atoms with Crippen molar-refractivity contribution in [3.8, 4) is 0 Å². The minimum atomic E-state index is -3.60. The van der Waals surface area contributed by atoms with E-state index < -0.39 is 10.2 Å². The third-order valence-corrected chi connectivity index (χ3v) is 6.46. The standard InChI is InChI=1S/C11H22N4O3S2/c1-19-11(4-5-11)8-13-10(16)14-9-2-6-15(7-3-9)20(12,17)18/h9H,2-8H2,1H3,(H2,12,17,18)(H2,13,14,16). The van der Waals surface area contributed by atoms with Crippen molar-refractivity contribution in [1.82, 2.24) is 14.9 Å². The monoisotopic (exact) mass is 322 g/mol. The number of amides is 2. The predicted octanol–water partition coefficient (Wildman–Crippen LogP) is -0.151. The minimum absolute atomic E-state index is 0.0115. The van der Waals surface area contributed by atoms with Gasteiger partial charge in [0.25, 0.3) is 10.2 Å². The number of hydrogen-bond acceptors (Lipinski definition) is 4. The molecule has 1 saturated heterocycles. The van der Waals surface area contributed by atoms with E-state index >= 15 is 0 Å². The number of urea groups is 1. The zero-order valence-electron chi connectivity index (χ0n) is 11.6. The van der Waals surface area contributed by atoms with Crippen LogP contribution >= 0.6 is 11.8 Å². The van der Waals surface area contributed by atoms with E-state index in [0.29, 0.717) is 32.5 Å². The molecule has 2 aliphatic rings. The number of nitrogens with one attached hydrogen (secondary N) is 2. The summed E-state index contributed by atoms with van der Waals surface area (Å²) in [7, 11) is -3.60. The fourth-order valence-electron chi connectivity index (χ4n) is 2.32. The lowest BCUT2D eigenvalue weighted by Crippen LogP contribution is -2.51. The molecule has 2 rings (SSSR count). The van der Waals surface area contributed by atoms with Crippen LogP contribution in [0, 0.1) is 0 Å². The maximum absolute atomic E-state index is 11.8. The summed E-state index contributed by atoms with van der Waals surface area (Å²) in [6.07, 6.45) is 5.56. The first-order valence-electron chi connectivity index (χ1n) is 6.72. The molecule has 1 aliphatic heterocycles. The lowest BCUT2D eigenvalue weighted by atomic mass is 10.1. The molecule has 0 radical (unpaired) electrons. The Hall–Kier alpha value is -0.510. The quantitative estimate of drug-likeness (QED) is 0.654. The molecule has 20 heavy (non-hydrogen) atoms. The molecule has 2 amide bonds. The number of hydrogen-bond donors (Lipinski definition) is 3. The normalized spacial score (nSPS) is 23.3. The number of nitrogens with zero attached hydrogens (tertiary/aromatic N) is 1. The van der Waals surface area contributed by atoms with E-state index in [-0.39, 0.29) is 16.8 Å². The Labute approximate surface area is 124 Å². The van der Waals surface area contributed by atoms with E-state index in [0.717, 1.165) is 12.8 Å². The molecule has 2 fully saturated rings. The average molecular weight is 322 g/mol. The summed E-state index contributed by atoms with van der Waals surface area (Å²) in [5.41, 5.74) is 0. The lowest BCUT2D eigenvalue weighted by Gasteiger charge is -2.30. The van der Waals surface area contributed by atoms with Crippen LogP contribution in [0.2, 0.25) is 0 Å². The van der Waals surface area contributed by atoms with Crippen LogP contribution in [0.1, 0.15) is 25.7 Å². The first-order chi connectivity index (χ1) is 9.35. The summed E-state index contributed by atoms with van der Waals surface area (Å²) in [4.78, 5) is 11.8. The molecule has 0 aromatic carbocycles. The number of thioether (sulfide) groups is 1. The Balaban J connectivity index is 1.69. The summed E-state index contributed by atoms with van der Waals surface area (Å²) < 4.78 is 23.8. The molecule has 0 atom stereocenters. The number of rotatable bonds is 5. The van der Waals surface area contributed by atoms with Gasteiger partial charge in [0.1, 0.15) is 0 Å². The highest BCUT2D eigenvalue weighted by atomic mass is 32.2. The van der Waals surface area contributed by atoms with Gasteiger partial charge < -0.3 is 10.6 Å². The van der Waals surface area contributed by atoms with Gasteiger partial charge in [-0.3, -0.25) is 0 Å². The highest BCUT2D eigenvalue weighted by molar-refractivity contribution is 8.00. The molecule has 1 saturated carbocycles. The highest BCUT2D eigenvalue weighted by Crippen LogP contribution is 2.46. The van der Waals surface area contributed by atoms with Crippen LogP contribution in [0.25, 0.3) is 0 Å². The number of nitrogens with two attached hydrogens (primary N) is 1. The van der Waals surface area contributed by atoms with E-state index in [2.05, 4.69) is 16.9 Å². The Morgan fingerprint density at radius 1 is 1.40 bits per heavy atom. The SMILES string of the molecule is CSC1(CNC(=O)NC2CCN(S(N)(=O)=O)CC2)CC1. The minimum Gasteiger partial charge on any atom is -0.337 e. The van der Waals surface area contributed by atoms with Crippen LogP contribution < -0.4 is 15.8 Å². The molecule has 9 heteroatoms. The molecule has 116 valence electrons. The Morgan fingerprint density at radius 2 is 2.00 bits per heavy atom. The molecular weight excluding hydrogens is 300 g/mol. The molecular formula is C11H22N4O3S2. The lowest BCUT2D eigenvalue weighted by molar-refractivity contribution is 0.227. The summed E-state index contributed by atoms with van der Waals surface area (Å²) in [6.45, 7) is 1.41. The third-order valence-electron chi connectivity index (χ3n) is 3.96. The van der Waals surface area contributed by atoms with Gasteiger partial charge in [-0.15, -0.1) is 0 Å². The molecule has 1 heterocycles. The van der Waals surface area contributed by atoms with Gasteiger partial charge in [0.15, 0.2) is 0 Å². The average Bonchev–Trinajstić information content (AvgIpc) is 3.17. The maximum Gasteiger partial charge on any atom is 0.315 e. The van der Waals surface area contributed by atoms with Gasteiger partial charge in [0.05, 0.1) is 0 Å². The number of carbonyl (C=O) groups excluding carboxylic acids is 1. The van der Waals surface area contributed by atoms with Crippen molar-refractivity contribution in [2.75, 3.05) is 25.9 Å². The van der Waals surface area contributed by atoms with Crippen molar-refractivity contribution in [3.63, 3.8) is 0 Å². The number of carbonyl (C=O) groups is 1. The molecule has 7 nitrogen and oxygen atoms in total. The van der Waals surface area contributed by atoms with Gasteiger partial charge in [-0.2, -0.15) is 24.5 Å². The third kappa shape index (κ3) is 4.24. The Morgan fingerprint density at radius 3 is 2.45 bits per heavy atom. The van der Waals surface area contributed by atoms with Crippen LogP contribution in [0.15, 0.2) is 0 Å². The number of piperidine rings is 1. The summed E-state index contributed by atoms with van der Waals surface area (Å²) in [6, 6.07) is -0.156. The largest absolute Gasteiger partial charge is 0.337 e. The summed E-state index contributed by atoms with van der Waals surface area (Å²) in [5, 5.41) is 10.9. The fraction of sp³-hybridized carbons (Fsp3) is 0.909. The fourth-order valence-corrected chi connectivity index (χ4v) is 3.77. The molecule has 4 N–H and O–H groups in total. The van der Waals surface area contributed by atoms with Crippen LogP contribution in [0.4, 0.5) is 4.79 Å². The second kappa shape index (κ2) is 6.08. The van der Waals surface area contributed by atoms with E-state index in [9.17, 15) is 13.2 Å². The molecule has 0 spiro atoms. The van der Waals surface area contributed by atoms with Gasteiger partial charge in [-0.25, -0.2) is 9.93 Å². The summed E-state index contributed by atoms with van der Waals surface area (Å²) in [5.74, 6) is 0. The second-order valence-corrected chi connectivity index (χ2v) is 8.25. The van der Waals surface area contributed by atoms with E-state index in [1.54, 1.807) is 11.8 Å². The zero-order valence-corrected chi connectivity index (χ0v) is 13.2. The van der Waals surface area contributed by atoms with Crippen LogP contribution in [0.5, 0.6) is 0 Å². The van der Waals surface area contributed by atoms with Gasteiger partial charge in [0.2, 0.25) is 0 Å². The van der Waals surface area contributed by atoms with Gasteiger partial charge in [-0.1, -0.05) is 0 Å². The van der Waals surface area contributed by atoms with Crippen molar-refractivity contribution in [2.45, 2.75) is 36.5 Å². The van der Waals surface area contributed by atoms with E-state index in [1.807, 2.05) is 0 Å². The van der Waals surface area contributed by atoms with Crippen LogP contribution in [-0.2, 0) is 10.2 Å². The molecule has 0 unspecified atom stereocenters. The molecule has 0 aromatic heterocycles. The predicted molar refractivity (Wildman–Crippen MR) is 79.7 cm³/mol. The smallest absolute Gasteiger partial charge is 0.315 e. The zero-order chi connectivity index (χ0) is 14.8. The Bertz CT molecular complexity index is 456. The second-order valence-electron chi connectivity index (χ2n) is 5.43. The molecule has 0 aromatic rings. The first-order valence-corrected chi connectivity index (χ1v) is 9.45. The highest BCUT2D eigenvalue weighted by Gasteiger charge is 2.42. The van der Waals surface area contributed by atoms with Crippen molar-refractivity contribution >= 4 is 28.0 Å². The molecule has 0 bridgehead atoms. The van der Waals surface area contributed by atoms with Crippen molar-refractivity contribution < 1.29 is 13.2 Å². The van der Waals surface area contributed by atoms with Crippen molar-refractivity contribution in [2.24, 2.45) is 5.14 Å². The van der Waals surface area contributed by atoms with E-state index in [1.165, 1.54) is 4.31 Å². The van der Waals surface area contributed by atoms with Crippen LogP contribution in [-0.4, -0.2) is 55.4 Å². The van der Waals surface area contributed by atoms with Crippen molar-refractivity contribution in [1.29, 1.82) is 0 Å². The molecule has 1 aliphatic carbocycles. The van der Waals surface area contributed by atoms with Crippen molar-refractivity contribution in [3.05, 3.63) is 0 Å². The van der Waals surface area contributed by atoms with Gasteiger partial charge in [0, 0.05) is 30.4 Å². The van der Waals surface area contributed by atoms with Crippen LogP contribution in [0.3, 0.4) is 0 Å².